The molecule has 0 amide bonds. The highest BCUT2D eigenvalue weighted by molar-refractivity contribution is 5.51. The van der Waals surface area contributed by atoms with Crippen LogP contribution in [-0.4, -0.2) is 80.3 Å². The van der Waals surface area contributed by atoms with E-state index >= 15 is 0 Å². The van der Waals surface area contributed by atoms with Gasteiger partial charge in [0.25, 0.3) is 0 Å². The van der Waals surface area contributed by atoms with Crippen molar-refractivity contribution in [3.8, 4) is 0 Å². The van der Waals surface area contributed by atoms with Crippen molar-refractivity contribution in [1.82, 2.24) is 0 Å². The van der Waals surface area contributed by atoms with E-state index in [2.05, 4.69) is 49.4 Å². The number of fused-ring (bicyclic) bond motifs is 3. The first-order valence-corrected chi connectivity index (χ1v) is 11.5. The standard InChI is InChI=1S/C26H38O6/c1-21-8-9-25-23(18-21)22-6-4-5-7-24(22)26(25,19-31-16-14-29-12-10-27-2)20-32-17-15-30-13-11-28-3/h4-9,18,23,25H,10-17,19-20H2,1-3H3. The Hall–Kier alpha value is -1.54. The van der Waals surface area contributed by atoms with Gasteiger partial charge in [-0.2, -0.15) is 0 Å². The van der Waals surface area contributed by atoms with Crippen LogP contribution in [0.1, 0.15) is 24.0 Å². The second-order valence-corrected chi connectivity index (χ2v) is 8.38. The number of rotatable bonds is 16. The summed E-state index contributed by atoms with van der Waals surface area (Å²) >= 11 is 0. The van der Waals surface area contributed by atoms with Gasteiger partial charge in [-0.1, -0.05) is 48.1 Å². The second-order valence-electron chi connectivity index (χ2n) is 8.38. The van der Waals surface area contributed by atoms with Gasteiger partial charge in [0.05, 0.1) is 66.1 Å². The Kier molecular flexibility index (Phi) is 10.4. The molecule has 0 aromatic heterocycles. The average molecular weight is 447 g/mol. The summed E-state index contributed by atoms with van der Waals surface area (Å²) in [6.45, 7) is 7.88. The van der Waals surface area contributed by atoms with Crippen LogP contribution in [0.3, 0.4) is 0 Å². The zero-order valence-electron chi connectivity index (χ0n) is 19.7. The first-order chi connectivity index (χ1) is 15.7. The van der Waals surface area contributed by atoms with Crippen molar-refractivity contribution in [3.63, 3.8) is 0 Å². The van der Waals surface area contributed by atoms with E-state index in [1.165, 1.54) is 16.7 Å². The summed E-state index contributed by atoms with van der Waals surface area (Å²) in [6.07, 6.45) is 6.95. The van der Waals surface area contributed by atoms with Gasteiger partial charge in [-0.3, -0.25) is 0 Å². The molecule has 0 N–H and O–H groups in total. The average Bonchev–Trinajstić information content (AvgIpc) is 3.07. The lowest BCUT2D eigenvalue weighted by Gasteiger charge is -2.37. The highest BCUT2D eigenvalue weighted by Crippen LogP contribution is 2.54. The van der Waals surface area contributed by atoms with Crippen molar-refractivity contribution in [1.29, 1.82) is 0 Å². The van der Waals surface area contributed by atoms with E-state index in [4.69, 9.17) is 28.4 Å². The first-order valence-electron chi connectivity index (χ1n) is 11.5. The third kappa shape index (κ3) is 6.28. The molecular weight excluding hydrogens is 408 g/mol. The van der Waals surface area contributed by atoms with Crippen LogP contribution in [0.5, 0.6) is 0 Å². The van der Waals surface area contributed by atoms with Crippen LogP contribution >= 0.6 is 0 Å². The Labute approximate surface area is 192 Å². The lowest BCUT2D eigenvalue weighted by molar-refractivity contribution is -0.0327. The predicted molar refractivity (Wildman–Crippen MR) is 124 cm³/mol. The molecule has 2 unspecified atom stereocenters. The Morgan fingerprint density at radius 3 is 1.94 bits per heavy atom. The molecule has 0 bridgehead atoms. The molecule has 1 aromatic carbocycles. The molecule has 2 aliphatic rings. The third-order valence-corrected chi connectivity index (χ3v) is 6.22. The molecule has 0 aliphatic heterocycles. The summed E-state index contributed by atoms with van der Waals surface area (Å²) in [7, 11) is 3.35. The van der Waals surface area contributed by atoms with Gasteiger partial charge in [-0.15, -0.1) is 0 Å². The van der Waals surface area contributed by atoms with Crippen molar-refractivity contribution in [3.05, 3.63) is 59.2 Å². The van der Waals surface area contributed by atoms with E-state index in [9.17, 15) is 0 Å². The first kappa shape index (κ1) is 25.1. The second kappa shape index (κ2) is 13.2. The minimum atomic E-state index is -0.242. The van der Waals surface area contributed by atoms with Crippen molar-refractivity contribution < 1.29 is 28.4 Å². The van der Waals surface area contributed by atoms with E-state index in [0.29, 0.717) is 77.9 Å². The lowest BCUT2D eigenvalue weighted by atomic mass is 9.72. The smallest absolute Gasteiger partial charge is 0.0701 e. The molecule has 0 saturated carbocycles. The predicted octanol–water partition coefficient (Wildman–Crippen LogP) is 3.51. The molecule has 0 saturated heterocycles. The van der Waals surface area contributed by atoms with Crippen LogP contribution < -0.4 is 0 Å². The van der Waals surface area contributed by atoms with Gasteiger partial charge in [0.2, 0.25) is 0 Å². The van der Waals surface area contributed by atoms with Gasteiger partial charge in [0.1, 0.15) is 0 Å². The van der Waals surface area contributed by atoms with E-state index in [-0.39, 0.29) is 5.41 Å². The van der Waals surface area contributed by atoms with Gasteiger partial charge in [-0.25, -0.2) is 0 Å². The van der Waals surface area contributed by atoms with Crippen molar-refractivity contribution >= 4 is 0 Å². The Bertz CT molecular complexity index is 726. The van der Waals surface area contributed by atoms with Crippen molar-refractivity contribution in [2.24, 2.45) is 5.92 Å². The van der Waals surface area contributed by atoms with Gasteiger partial charge in [0.15, 0.2) is 0 Å². The Morgan fingerprint density at radius 1 is 0.750 bits per heavy atom. The minimum absolute atomic E-state index is 0.242. The summed E-state index contributed by atoms with van der Waals surface area (Å²) in [5, 5.41) is 0. The number of hydrogen-bond donors (Lipinski definition) is 0. The van der Waals surface area contributed by atoms with Gasteiger partial charge in [0, 0.05) is 31.5 Å². The zero-order chi connectivity index (χ0) is 22.7. The van der Waals surface area contributed by atoms with Crippen molar-refractivity contribution in [2.75, 3.05) is 80.3 Å². The number of hydrogen-bond acceptors (Lipinski definition) is 6. The zero-order valence-corrected chi connectivity index (χ0v) is 19.7. The fourth-order valence-electron chi connectivity index (χ4n) is 4.67. The minimum Gasteiger partial charge on any atom is -0.382 e. The molecule has 6 heteroatoms. The Morgan fingerprint density at radius 2 is 1.31 bits per heavy atom. The van der Waals surface area contributed by atoms with E-state index in [1.807, 2.05) is 0 Å². The summed E-state index contributed by atoms with van der Waals surface area (Å²) in [5.74, 6) is 0.645. The quantitative estimate of drug-likeness (QED) is 0.362. The maximum Gasteiger partial charge on any atom is 0.0701 e. The van der Waals surface area contributed by atoms with Crippen LogP contribution in [0.15, 0.2) is 48.1 Å². The van der Waals surface area contributed by atoms with Crippen LogP contribution in [-0.2, 0) is 33.8 Å². The SMILES string of the molecule is COCCOCCOCC1(COCCOCCOC)c2ccccc2C2C=C(C)C=CC21. The molecule has 32 heavy (non-hydrogen) atoms. The van der Waals surface area contributed by atoms with E-state index < -0.39 is 0 Å². The van der Waals surface area contributed by atoms with E-state index in [1.54, 1.807) is 14.2 Å². The molecule has 178 valence electrons. The number of benzene rings is 1. The van der Waals surface area contributed by atoms with Crippen LogP contribution in [0.2, 0.25) is 0 Å². The van der Waals surface area contributed by atoms with Crippen LogP contribution in [0, 0.1) is 5.92 Å². The van der Waals surface area contributed by atoms with Crippen LogP contribution in [0.25, 0.3) is 0 Å². The third-order valence-electron chi connectivity index (χ3n) is 6.22. The number of ether oxygens (including phenoxy) is 6. The summed E-state index contributed by atoms with van der Waals surface area (Å²) in [5.41, 5.74) is 3.76. The molecule has 0 radical (unpaired) electrons. The number of methoxy groups -OCH3 is 2. The molecule has 0 spiro atoms. The Balaban J connectivity index is 1.68. The molecular formula is C26H38O6. The van der Waals surface area contributed by atoms with Gasteiger partial charge >= 0.3 is 0 Å². The van der Waals surface area contributed by atoms with Gasteiger partial charge in [-0.05, 0) is 18.1 Å². The topological polar surface area (TPSA) is 55.4 Å². The van der Waals surface area contributed by atoms with Crippen molar-refractivity contribution in [2.45, 2.75) is 18.3 Å². The monoisotopic (exact) mass is 446 g/mol. The normalized spacial score (nSPS) is 20.8. The summed E-state index contributed by atoms with van der Waals surface area (Å²) in [6, 6.07) is 8.73. The fourth-order valence-corrected chi connectivity index (χ4v) is 4.67. The number of allylic oxidation sites excluding steroid dienone is 4. The molecule has 0 fully saturated rings. The maximum atomic E-state index is 6.20. The molecule has 1 aromatic rings. The van der Waals surface area contributed by atoms with Crippen LogP contribution in [0.4, 0.5) is 0 Å². The molecule has 2 atom stereocenters. The highest BCUT2D eigenvalue weighted by Gasteiger charge is 2.51. The maximum absolute atomic E-state index is 6.20. The summed E-state index contributed by atoms with van der Waals surface area (Å²) in [4.78, 5) is 0. The van der Waals surface area contributed by atoms with E-state index in [0.717, 1.165) is 0 Å². The van der Waals surface area contributed by atoms with Gasteiger partial charge < -0.3 is 28.4 Å². The molecule has 2 aliphatic carbocycles. The molecule has 3 rings (SSSR count). The fraction of sp³-hybridized carbons (Fsp3) is 0.615. The molecule has 6 nitrogen and oxygen atoms in total. The highest BCUT2D eigenvalue weighted by atomic mass is 16.5. The molecule has 0 heterocycles. The largest absolute Gasteiger partial charge is 0.382 e. The lowest BCUT2D eigenvalue weighted by Crippen LogP contribution is -2.42. The summed E-state index contributed by atoms with van der Waals surface area (Å²) < 4.78 is 33.6.